The third-order valence-corrected chi connectivity index (χ3v) is 4.48. The summed E-state index contributed by atoms with van der Waals surface area (Å²) in [4.78, 5) is 2.35. The molecule has 1 aromatic carbocycles. The van der Waals surface area contributed by atoms with E-state index < -0.39 is 0 Å². The average molecular weight is 262 g/mol. The standard InChI is InChI=1S/C16H26N2O/c1-4-16(9-11-17-12-10-16)13-18(2)14-7-5-6-8-15(14)19-3/h5-8,17H,4,9-13H2,1-3H3. The van der Waals surface area contributed by atoms with E-state index in [1.165, 1.54) is 24.9 Å². The molecule has 0 radical (unpaired) electrons. The highest BCUT2D eigenvalue weighted by Crippen LogP contribution is 2.36. The van der Waals surface area contributed by atoms with E-state index in [9.17, 15) is 0 Å². The zero-order valence-corrected chi connectivity index (χ0v) is 12.4. The van der Waals surface area contributed by atoms with Crippen LogP contribution in [-0.2, 0) is 0 Å². The zero-order chi connectivity index (χ0) is 13.7. The highest BCUT2D eigenvalue weighted by atomic mass is 16.5. The van der Waals surface area contributed by atoms with Gasteiger partial charge in [0, 0.05) is 13.6 Å². The van der Waals surface area contributed by atoms with Crippen LogP contribution in [0.15, 0.2) is 24.3 Å². The molecular formula is C16H26N2O. The molecule has 0 amide bonds. The lowest BCUT2D eigenvalue weighted by Gasteiger charge is -2.40. The van der Waals surface area contributed by atoms with Crippen LogP contribution < -0.4 is 15.0 Å². The van der Waals surface area contributed by atoms with Gasteiger partial charge in [-0.1, -0.05) is 19.1 Å². The zero-order valence-electron chi connectivity index (χ0n) is 12.4. The van der Waals surface area contributed by atoms with E-state index in [1.807, 2.05) is 12.1 Å². The molecule has 106 valence electrons. The summed E-state index contributed by atoms with van der Waals surface area (Å²) in [5.41, 5.74) is 1.64. The molecule has 3 heteroatoms. The molecule has 0 spiro atoms. The Morgan fingerprint density at radius 3 is 2.58 bits per heavy atom. The molecule has 3 nitrogen and oxygen atoms in total. The molecule has 0 saturated carbocycles. The van der Waals surface area contributed by atoms with Crippen LogP contribution in [-0.4, -0.2) is 33.8 Å². The second kappa shape index (κ2) is 6.29. The fourth-order valence-corrected chi connectivity index (χ4v) is 3.11. The van der Waals surface area contributed by atoms with Gasteiger partial charge in [-0.15, -0.1) is 0 Å². The third kappa shape index (κ3) is 3.21. The molecule has 19 heavy (non-hydrogen) atoms. The van der Waals surface area contributed by atoms with Crippen molar-refractivity contribution >= 4 is 5.69 Å². The monoisotopic (exact) mass is 262 g/mol. The maximum absolute atomic E-state index is 5.47. The van der Waals surface area contributed by atoms with E-state index in [4.69, 9.17) is 4.74 Å². The Kier molecular flexibility index (Phi) is 4.70. The van der Waals surface area contributed by atoms with Crippen LogP contribution in [0.2, 0.25) is 0 Å². The van der Waals surface area contributed by atoms with E-state index in [2.05, 4.69) is 36.3 Å². The molecule has 0 bridgehead atoms. The molecule has 1 heterocycles. The predicted molar refractivity (Wildman–Crippen MR) is 81.1 cm³/mol. The van der Waals surface area contributed by atoms with E-state index in [1.54, 1.807) is 7.11 Å². The molecule has 2 rings (SSSR count). The van der Waals surface area contributed by atoms with Crippen molar-refractivity contribution in [1.82, 2.24) is 5.32 Å². The van der Waals surface area contributed by atoms with Crippen molar-refractivity contribution in [2.75, 3.05) is 38.7 Å². The Bertz CT molecular complexity index is 399. The van der Waals surface area contributed by atoms with E-state index in [-0.39, 0.29) is 0 Å². The van der Waals surface area contributed by atoms with Crippen molar-refractivity contribution in [1.29, 1.82) is 0 Å². The lowest BCUT2D eigenvalue weighted by Crippen LogP contribution is -2.43. The summed E-state index contributed by atoms with van der Waals surface area (Å²) in [5.74, 6) is 0.963. The Morgan fingerprint density at radius 1 is 1.26 bits per heavy atom. The largest absolute Gasteiger partial charge is 0.495 e. The Hall–Kier alpha value is -1.22. The first-order chi connectivity index (χ1) is 9.21. The number of anilines is 1. The normalized spacial score (nSPS) is 18.1. The molecule has 1 aliphatic rings. The number of hydrogen-bond donors (Lipinski definition) is 1. The van der Waals surface area contributed by atoms with Gasteiger partial charge in [0.25, 0.3) is 0 Å². The first-order valence-electron chi connectivity index (χ1n) is 7.26. The lowest BCUT2D eigenvalue weighted by atomic mass is 9.76. The van der Waals surface area contributed by atoms with Crippen molar-refractivity contribution in [2.45, 2.75) is 26.2 Å². The number of nitrogens with zero attached hydrogens (tertiary/aromatic N) is 1. The summed E-state index contributed by atoms with van der Waals surface area (Å²) >= 11 is 0. The van der Waals surface area contributed by atoms with E-state index in [0.717, 1.165) is 25.4 Å². The highest BCUT2D eigenvalue weighted by Gasteiger charge is 2.31. The summed E-state index contributed by atoms with van der Waals surface area (Å²) in [7, 11) is 3.92. The van der Waals surface area contributed by atoms with Crippen LogP contribution in [0.5, 0.6) is 5.75 Å². The molecule has 0 aromatic heterocycles. The van der Waals surface area contributed by atoms with Crippen molar-refractivity contribution in [3.8, 4) is 5.75 Å². The minimum Gasteiger partial charge on any atom is -0.495 e. The molecular weight excluding hydrogens is 236 g/mol. The predicted octanol–water partition coefficient (Wildman–Crippen LogP) is 2.91. The van der Waals surface area contributed by atoms with Gasteiger partial charge in [-0.2, -0.15) is 0 Å². The number of piperidine rings is 1. The molecule has 1 aliphatic heterocycles. The van der Waals surface area contributed by atoms with Gasteiger partial charge in [-0.05, 0) is 49.9 Å². The topological polar surface area (TPSA) is 24.5 Å². The molecule has 0 atom stereocenters. The first-order valence-corrected chi connectivity index (χ1v) is 7.26. The Morgan fingerprint density at radius 2 is 1.95 bits per heavy atom. The van der Waals surface area contributed by atoms with Gasteiger partial charge >= 0.3 is 0 Å². The quantitative estimate of drug-likeness (QED) is 0.883. The summed E-state index contributed by atoms with van der Waals surface area (Å²) in [5, 5.41) is 3.47. The number of nitrogens with one attached hydrogen (secondary N) is 1. The Balaban J connectivity index is 2.12. The van der Waals surface area contributed by atoms with Crippen LogP contribution in [0.3, 0.4) is 0 Å². The minimum atomic E-state index is 0.445. The van der Waals surface area contributed by atoms with Gasteiger partial charge in [0.15, 0.2) is 0 Å². The maximum atomic E-state index is 5.47. The lowest BCUT2D eigenvalue weighted by molar-refractivity contribution is 0.200. The molecule has 0 aliphatic carbocycles. The summed E-state index contributed by atoms with van der Waals surface area (Å²) in [6, 6.07) is 8.28. The fraction of sp³-hybridized carbons (Fsp3) is 0.625. The second-order valence-electron chi connectivity index (χ2n) is 5.63. The number of methoxy groups -OCH3 is 1. The summed E-state index contributed by atoms with van der Waals surface area (Å²) < 4.78 is 5.47. The number of ether oxygens (including phenoxy) is 1. The minimum absolute atomic E-state index is 0.445. The smallest absolute Gasteiger partial charge is 0.142 e. The van der Waals surface area contributed by atoms with E-state index in [0.29, 0.717) is 5.41 Å². The SMILES string of the molecule is CCC1(CN(C)c2ccccc2OC)CCNCC1. The molecule has 1 N–H and O–H groups in total. The van der Waals surface area contributed by atoms with Crippen LogP contribution in [0, 0.1) is 5.41 Å². The number of rotatable bonds is 5. The Labute approximate surface area is 116 Å². The number of hydrogen-bond acceptors (Lipinski definition) is 3. The van der Waals surface area contributed by atoms with Crippen LogP contribution >= 0.6 is 0 Å². The molecule has 1 fully saturated rings. The fourth-order valence-electron chi connectivity index (χ4n) is 3.11. The highest BCUT2D eigenvalue weighted by molar-refractivity contribution is 5.58. The molecule has 1 aromatic rings. The van der Waals surface area contributed by atoms with Gasteiger partial charge in [0.1, 0.15) is 5.75 Å². The number of benzene rings is 1. The van der Waals surface area contributed by atoms with Crippen LogP contribution in [0.1, 0.15) is 26.2 Å². The molecule has 0 unspecified atom stereocenters. The van der Waals surface area contributed by atoms with Crippen molar-refractivity contribution in [2.24, 2.45) is 5.41 Å². The van der Waals surface area contributed by atoms with Crippen LogP contribution in [0.4, 0.5) is 5.69 Å². The van der Waals surface area contributed by atoms with Gasteiger partial charge in [0.2, 0.25) is 0 Å². The van der Waals surface area contributed by atoms with E-state index >= 15 is 0 Å². The molecule has 1 saturated heterocycles. The van der Waals surface area contributed by atoms with Gasteiger partial charge in [0.05, 0.1) is 12.8 Å². The van der Waals surface area contributed by atoms with Gasteiger partial charge < -0.3 is 15.0 Å². The van der Waals surface area contributed by atoms with Gasteiger partial charge in [-0.25, -0.2) is 0 Å². The summed E-state index contributed by atoms with van der Waals surface area (Å²) in [6.45, 7) is 5.72. The van der Waals surface area contributed by atoms with Crippen molar-refractivity contribution < 1.29 is 4.74 Å². The number of para-hydroxylation sites is 2. The summed E-state index contributed by atoms with van der Waals surface area (Å²) in [6.07, 6.45) is 3.78. The third-order valence-electron chi connectivity index (χ3n) is 4.48. The van der Waals surface area contributed by atoms with Gasteiger partial charge in [-0.3, -0.25) is 0 Å². The van der Waals surface area contributed by atoms with Crippen molar-refractivity contribution in [3.05, 3.63) is 24.3 Å². The van der Waals surface area contributed by atoms with Crippen molar-refractivity contribution in [3.63, 3.8) is 0 Å². The second-order valence-corrected chi connectivity index (χ2v) is 5.63. The average Bonchev–Trinajstić information content (AvgIpc) is 2.48. The maximum Gasteiger partial charge on any atom is 0.142 e. The first kappa shape index (κ1) is 14.2. The van der Waals surface area contributed by atoms with Crippen LogP contribution in [0.25, 0.3) is 0 Å².